The van der Waals surface area contributed by atoms with Gasteiger partial charge in [-0.2, -0.15) is 0 Å². The minimum Gasteiger partial charge on any atom is -0.497 e. The molecule has 1 aliphatic heterocycles. The summed E-state index contributed by atoms with van der Waals surface area (Å²) in [6.45, 7) is 0.198. The van der Waals surface area contributed by atoms with Gasteiger partial charge in [0, 0.05) is 11.3 Å². The van der Waals surface area contributed by atoms with Gasteiger partial charge in [-0.05, 0) is 35.9 Å². The first kappa shape index (κ1) is 19.1. The SMILES string of the molecule is COc1ccc(CSc2nnc(SCC(=O)c3ccc4c(c3)OCO4)s2)cc1. The number of nitrogens with zero attached hydrogens (tertiary/aromatic N) is 2. The molecule has 4 rings (SSSR count). The Kier molecular flexibility index (Phi) is 6.04. The van der Waals surface area contributed by atoms with Crippen LogP contribution in [0.25, 0.3) is 0 Å². The predicted octanol–water partition coefficient (Wildman–Crippen LogP) is 4.54. The standard InChI is InChI=1S/C19H16N2O4S3/c1-23-14-5-2-12(3-6-14)9-26-18-20-21-19(28-18)27-10-15(22)13-4-7-16-17(8-13)25-11-24-16/h2-8H,9-11H2,1H3. The number of methoxy groups -OCH3 is 1. The fourth-order valence-electron chi connectivity index (χ4n) is 2.46. The number of carbonyl (C=O) groups is 1. The van der Waals surface area contributed by atoms with Gasteiger partial charge in [0.15, 0.2) is 26.0 Å². The lowest BCUT2D eigenvalue weighted by Crippen LogP contribution is -2.02. The third-order valence-corrected chi connectivity index (χ3v) is 7.19. The Labute approximate surface area is 174 Å². The number of aromatic nitrogens is 2. The lowest BCUT2D eigenvalue weighted by molar-refractivity contribution is 0.102. The van der Waals surface area contributed by atoms with Gasteiger partial charge < -0.3 is 14.2 Å². The molecular formula is C19H16N2O4S3. The van der Waals surface area contributed by atoms with Gasteiger partial charge in [0.25, 0.3) is 0 Å². The minimum absolute atomic E-state index is 0.0194. The Balaban J connectivity index is 1.29. The number of hydrogen-bond donors (Lipinski definition) is 0. The minimum atomic E-state index is 0.0194. The van der Waals surface area contributed by atoms with Gasteiger partial charge in [0.05, 0.1) is 12.9 Å². The highest BCUT2D eigenvalue weighted by atomic mass is 32.2. The van der Waals surface area contributed by atoms with Crippen molar-refractivity contribution >= 4 is 40.6 Å². The molecule has 0 fully saturated rings. The summed E-state index contributed by atoms with van der Waals surface area (Å²) in [6, 6.07) is 13.2. The number of thioether (sulfide) groups is 2. The molecule has 144 valence electrons. The smallest absolute Gasteiger partial charge is 0.231 e. The van der Waals surface area contributed by atoms with Crippen LogP contribution in [0.5, 0.6) is 17.2 Å². The van der Waals surface area contributed by atoms with Crippen LogP contribution < -0.4 is 14.2 Å². The molecule has 0 aliphatic carbocycles. The average Bonchev–Trinajstić information content (AvgIpc) is 3.39. The van der Waals surface area contributed by atoms with Crippen LogP contribution in [0.15, 0.2) is 51.1 Å². The zero-order valence-electron chi connectivity index (χ0n) is 14.9. The van der Waals surface area contributed by atoms with E-state index in [0.717, 1.165) is 20.2 Å². The van der Waals surface area contributed by atoms with Crippen molar-refractivity contribution in [2.24, 2.45) is 0 Å². The summed E-state index contributed by atoms with van der Waals surface area (Å²) >= 11 is 4.52. The van der Waals surface area contributed by atoms with Crippen LogP contribution in [-0.4, -0.2) is 35.6 Å². The second kappa shape index (κ2) is 8.85. The first-order valence-corrected chi connectivity index (χ1v) is 11.1. The summed E-state index contributed by atoms with van der Waals surface area (Å²) in [5.74, 6) is 3.26. The molecule has 0 saturated heterocycles. The average molecular weight is 433 g/mol. The van der Waals surface area contributed by atoms with Crippen LogP contribution in [0.2, 0.25) is 0 Å². The van der Waals surface area contributed by atoms with E-state index in [4.69, 9.17) is 14.2 Å². The van der Waals surface area contributed by atoms with Crippen molar-refractivity contribution in [3.05, 3.63) is 53.6 Å². The van der Waals surface area contributed by atoms with Gasteiger partial charge in [-0.1, -0.05) is 47.0 Å². The van der Waals surface area contributed by atoms with Crippen LogP contribution in [-0.2, 0) is 5.75 Å². The zero-order chi connectivity index (χ0) is 19.3. The molecule has 0 atom stereocenters. The second-order valence-electron chi connectivity index (χ2n) is 5.75. The van der Waals surface area contributed by atoms with Crippen LogP contribution in [0.4, 0.5) is 0 Å². The van der Waals surface area contributed by atoms with Crippen molar-refractivity contribution in [3.63, 3.8) is 0 Å². The van der Waals surface area contributed by atoms with Crippen molar-refractivity contribution in [1.29, 1.82) is 0 Å². The first-order chi connectivity index (χ1) is 13.7. The van der Waals surface area contributed by atoms with Crippen molar-refractivity contribution in [1.82, 2.24) is 10.2 Å². The van der Waals surface area contributed by atoms with E-state index >= 15 is 0 Å². The summed E-state index contributed by atoms with van der Waals surface area (Å²) in [5, 5.41) is 8.37. The molecule has 2 aromatic carbocycles. The quantitative estimate of drug-likeness (QED) is 0.379. The summed E-state index contributed by atoms with van der Waals surface area (Å²) in [4.78, 5) is 12.4. The second-order valence-corrected chi connectivity index (χ2v) is 9.17. The summed E-state index contributed by atoms with van der Waals surface area (Å²) < 4.78 is 17.4. The maximum absolute atomic E-state index is 12.4. The Bertz CT molecular complexity index is 976. The monoisotopic (exact) mass is 432 g/mol. The normalized spacial score (nSPS) is 12.2. The molecule has 0 spiro atoms. The first-order valence-electron chi connectivity index (χ1n) is 8.36. The number of rotatable bonds is 8. The number of fused-ring (bicyclic) bond motifs is 1. The topological polar surface area (TPSA) is 70.5 Å². The highest BCUT2D eigenvalue weighted by Gasteiger charge is 2.17. The highest BCUT2D eigenvalue weighted by Crippen LogP contribution is 2.34. The van der Waals surface area contributed by atoms with Gasteiger partial charge in [0.1, 0.15) is 5.75 Å². The molecule has 28 heavy (non-hydrogen) atoms. The number of benzene rings is 2. The molecular weight excluding hydrogens is 416 g/mol. The van der Waals surface area contributed by atoms with E-state index in [1.807, 2.05) is 24.3 Å². The van der Waals surface area contributed by atoms with Crippen LogP contribution in [0.3, 0.4) is 0 Å². The number of carbonyl (C=O) groups excluding carboxylic acids is 1. The molecule has 3 aromatic rings. The van der Waals surface area contributed by atoms with Crippen molar-refractivity contribution in [3.8, 4) is 17.2 Å². The molecule has 1 aliphatic rings. The van der Waals surface area contributed by atoms with Crippen molar-refractivity contribution in [2.75, 3.05) is 19.7 Å². The maximum atomic E-state index is 12.4. The molecule has 0 unspecified atom stereocenters. The molecule has 0 radical (unpaired) electrons. The lowest BCUT2D eigenvalue weighted by Gasteiger charge is -2.01. The van der Waals surface area contributed by atoms with Crippen molar-refractivity contribution < 1.29 is 19.0 Å². The Morgan fingerprint density at radius 2 is 1.82 bits per heavy atom. The molecule has 0 N–H and O–H groups in total. The molecule has 1 aromatic heterocycles. The van der Waals surface area contributed by atoms with Gasteiger partial charge >= 0.3 is 0 Å². The summed E-state index contributed by atoms with van der Waals surface area (Å²) in [5.41, 5.74) is 1.79. The van der Waals surface area contributed by atoms with Gasteiger partial charge in [-0.25, -0.2) is 0 Å². The van der Waals surface area contributed by atoms with E-state index in [0.29, 0.717) is 22.8 Å². The predicted molar refractivity (Wildman–Crippen MR) is 110 cm³/mol. The van der Waals surface area contributed by atoms with Gasteiger partial charge in [-0.3, -0.25) is 4.79 Å². The van der Waals surface area contributed by atoms with E-state index in [2.05, 4.69) is 10.2 Å². The summed E-state index contributed by atoms with van der Waals surface area (Å²) in [6.07, 6.45) is 0. The number of ether oxygens (including phenoxy) is 3. The number of ketones is 1. The maximum Gasteiger partial charge on any atom is 0.231 e. The van der Waals surface area contributed by atoms with E-state index in [-0.39, 0.29) is 12.6 Å². The van der Waals surface area contributed by atoms with E-state index < -0.39 is 0 Å². The van der Waals surface area contributed by atoms with E-state index in [1.165, 1.54) is 28.7 Å². The molecule has 0 bridgehead atoms. The molecule has 0 saturated carbocycles. The highest BCUT2D eigenvalue weighted by molar-refractivity contribution is 8.03. The van der Waals surface area contributed by atoms with Gasteiger partial charge in [-0.15, -0.1) is 10.2 Å². The Morgan fingerprint density at radius 1 is 1.07 bits per heavy atom. The van der Waals surface area contributed by atoms with E-state index in [9.17, 15) is 4.79 Å². The third-order valence-electron chi connectivity index (χ3n) is 3.93. The van der Waals surface area contributed by atoms with E-state index in [1.54, 1.807) is 37.1 Å². The Hall–Kier alpha value is -2.23. The molecule has 9 heteroatoms. The third kappa shape index (κ3) is 4.60. The lowest BCUT2D eigenvalue weighted by atomic mass is 10.1. The van der Waals surface area contributed by atoms with Crippen LogP contribution >= 0.6 is 34.9 Å². The molecule has 0 amide bonds. The van der Waals surface area contributed by atoms with Crippen LogP contribution in [0, 0.1) is 0 Å². The molecule has 2 heterocycles. The largest absolute Gasteiger partial charge is 0.497 e. The number of hydrogen-bond acceptors (Lipinski definition) is 9. The zero-order valence-corrected chi connectivity index (χ0v) is 17.4. The molecule has 6 nitrogen and oxygen atoms in total. The fraction of sp³-hybridized carbons (Fsp3) is 0.211. The van der Waals surface area contributed by atoms with Crippen LogP contribution in [0.1, 0.15) is 15.9 Å². The number of Topliss-reactive ketones (excluding diaryl/α,β-unsaturated/α-hetero) is 1. The summed E-state index contributed by atoms with van der Waals surface area (Å²) in [7, 11) is 1.65. The van der Waals surface area contributed by atoms with Gasteiger partial charge in [0.2, 0.25) is 6.79 Å². The van der Waals surface area contributed by atoms with Crippen molar-refractivity contribution in [2.45, 2.75) is 14.4 Å². The fourth-order valence-corrected chi connectivity index (χ4v) is 5.33. The Morgan fingerprint density at radius 3 is 2.61 bits per heavy atom.